The Morgan fingerprint density at radius 3 is 2.32 bits per heavy atom. The minimum absolute atomic E-state index is 0.0186. The summed E-state index contributed by atoms with van der Waals surface area (Å²) in [5.41, 5.74) is 3.29. The predicted molar refractivity (Wildman–Crippen MR) is 131 cm³/mol. The Hall–Kier alpha value is -3.16. The molecule has 0 aliphatic carbocycles. The molecule has 0 spiro atoms. The fourth-order valence-electron chi connectivity index (χ4n) is 3.17. The third-order valence-corrected chi connectivity index (χ3v) is 6.20. The first-order chi connectivity index (χ1) is 14.8. The van der Waals surface area contributed by atoms with Crippen molar-refractivity contribution >= 4 is 57.4 Å². The molecule has 4 rings (SSSR count). The lowest BCUT2D eigenvalue weighted by molar-refractivity contribution is -0.113. The lowest BCUT2D eigenvalue weighted by atomic mass is 10.1. The van der Waals surface area contributed by atoms with Crippen LogP contribution in [0.2, 0.25) is 0 Å². The maximum absolute atomic E-state index is 13.0. The molecule has 0 saturated carbocycles. The van der Waals surface area contributed by atoms with Gasteiger partial charge in [0.05, 0.1) is 10.6 Å². The summed E-state index contributed by atoms with van der Waals surface area (Å²) in [5, 5.41) is 0. The van der Waals surface area contributed by atoms with Gasteiger partial charge in [-0.15, -0.1) is 0 Å². The Morgan fingerprint density at radius 2 is 1.71 bits per heavy atom. The number of ketones is 1. The number of Topliss-reactive ketones (excluding diaryl/α,β-unsaturated/α-hetero) is 1. The third kappa shape index (κ3) is 4.33. The van der Waals surface area contributed by atoms with E-state index < -0.39 is 0 Å². The fraction of sp³-hybridized carbons (Fsp3) is 0.125. The second-order valence-corrected chi connectivity index (χ2v) is 8.94. The number of amides is 1. The molecule has 0 bridgehead atoms. The van der Waals surface area contributed by atoms with E-state index in [9.17, 15) is 9.59 Å². The highest BCUT2D eigenvalue weighted by molar-refractivity contribution is 8.27. The molecule has 2 aromatic carbocycles. The number of furan rings is 1. The van der Waals surface area contributed by atoms with E-state index >= 15 is 0 Å². The van der Waals surface area contributed by atoms with Gasteiger partial charge in [0, 0.05) is 37.0 Å². The molecule has 0 N–H and O–H groups in total. The van der Waals surface area contributed by atoms with Crippen LogP contribution in [0.15, 0.2) is 70.0 Å². The molecule has 0 atom stereocenters. The number of thiocarbonyl (C=S) groups is 1. The molecule has 1 saturated heterocycles. The molecular formula is C24H20N2O3S2. The molecule has 2 heterocycles. The number of benzene rings is 2. The Balaban J connectivity index is 1.55. The van der Waals surface area contributed by atoms with Crippen LogP contribution in [0, 0.1) is 0 Å². The van der Waals surface area contributed by atoms with Crippen LogP contribution >= 0.6 is 24.0 Å². The molecule has 156 valence electrons. The van der Waals surface area contributed by atoms with Gasteiger partial charge in [0.25, 0.3) is 5.91 Å². The molecule has 1 amide bonds. The summed E-state index contributed by atoms with van der Waals surface area (Å²) in [4.78, 5) is 28.5. The standard InChI is InChI=1S/C24H20N2O3S2/c1-15(27)16-4-6-17(7-5-16)21-13-12-20(29-21)14-22-23(28)26(24(30)31-22)19-10-8-18(9-11-19)25(2)3/h4-14H,1-3H3/b22-14+. The molecule has 0 unspecified atom stereocenters. The van der Waals surface area contributed by atoms with Crippen molar-refractivity contribution in [2.75, 3.05) is 23.9 Å². The van der Waals surface area contributed by atoms with Crippen LogP contribution in [-0.4, -0.2) is 30.1 Å². The molecule has 7 heteroatoms. The summed E-state index contributed by atoms with van der Waals surface area (Å²) in [6, 6.07) is 18.6. The van der Waals surface area contributed by atoms with Gasteiger partial charge in [-0.05, 0) is 43.3 Å². The van der Waals surface area contributed by atoms with Gasteiger partial charge in [-0.1, -0.05) is 48.2 Å². The van der Waals surface area contributed by atoms with Crippen LogP contribution in [-0.2, 0) is 4.79 Å². The van der Waals surface area contributed by atoms with E-state index in [1.54, 1.807) is 18.2 Å². The minimum atomic E-state index is -0.170. The van der Waals surface area contributed by atoms with E-state index in [4.69, 9.17) is 16.6 Å². The highest BCUT2D eigenvalue weighted by atomic mass is 32.2. The first kappa shape index (κ1) is 21.1. The normalized spacial score (nSPS) is 15.1. The minimum Gasteiger partial charge on any atom is -0.457 e. The topological polar surface area (TPSA) is 53.8 Å². The number of hydrogen-bond donors (Lipinski definition) is 0. The number of nitrogens with zero attached hydrogens (tertiary/aromatic N) is 2. The number of hydrogen-bond acceptors (Lipinski definition) is 6. The van der Waals surface area contributed by atoms with Gasteiger partial charge in [-0.25, -0.2) is 0 Å². The van der Waals surface area contributed by atoms with Gasteiger partial charge in [0.2, 0.25) is 0 Å². The molecule has 3 aromatic rings. The van der Waals surface area contributed by atoms with Crippen LogP contribution in [0.4, 0.5) is 11.4 Å². The molecule has 1 aliphatic heterocycles. The van der Waals surface area contributed by atoms with Crippen LogP contribution < -0.4 is 9.80 Å². The van der Waals surface area contributed by atoms with Crippen LogP contribution in [0.1, 0.15) is 23.0 Å². The lowest BCUT2D eigenvalue weighted by Crippen LogP contribution is -2.27. The van der Waals surface area contributed by atoms with Gasteiger partial charge in [0.15, 0.2) is 10.1 Å². The van der Waals surface area contributed by atoms with Gasteiger partial charge in [-0.2, -0.15) is 0 Å². The zero-order valence-electron chi connectivity index (χ0n) is 17.3. The Labute approximate surface area is 190 Å². The Kier molecular flexibility index (Phi) is 5.80. The maximum Gasteiger partial charge on any atom is 0.270 e. The summed E-state index contributed by atoms with van der Waals surface area (Å²) in [6.45, 7) is 1.53. The van der Waals surface area contributed by atoms with Gasteiger partial charge >= 0.3 is 0 Å². The van der Waals surface area contributed by atoms with Crippen molar-refractivity contribution in [1.82, 2.24) is 0 Å². The van der Waals surface area contributed by atoms with Crippen molar-refractivity contribution in [3.8, 4) is 11.3 Å². The van der Waals surface area contributed by atoms with Crippen molar-refractivity contribution in [3.05, 3.63) is 76.9 Å². The first-order valence-electron chi connectivity index (χ1n) is 9.60. The highest BCUT2D eigenvalue weighted by Gasteiger charge is 2.33. The van der Waals surface area contributed by atoms with Crippen molar-refractivity contribution in [1.29, 1.82) is 0 Å². The number of carbonyl (C=O) groups excluding carboxylic acids is 2. The molecular weight excluding hydrogens is 428 g/mol. The van der Waals surface area contributed by atoms with Crippen LogP contribution in [0.3, 0.4) is 0 Å². The van der Waals surface area contributed by atoms with E-state index in [0.29, 0.717) is 26.3 Å². The molecule has 0 radical (unpaired) electrons. The van der Waals surface area contributed by atoms with Crippen LogP contribution in [0.5, 0.6) is 0 Å². The zero-order valence-corrected chi connectivity index (χ0v) is 18.9. The smallest absolute Gasteiger partial charge is 0.270 e. The predicted octanol–water partition coefficient (Wildman–Crippen LogP) is 5.62. The molecule has 1 aliphatic rings. The molecule has 1 aromatic heterocycles. The van der Waals surface area contributed by atoms with E-state index in [1.807, 2.05) is 67.5 Å². The van der Waals surface area contributed by atoms with Gasteiger partial charge < -0.3 is 9.32 Å². The van der Waals surface area contributed by atoms with E-state index in [0.717, 1.165) is 16.9 Å². The van der Waals surface area contributed by atoms with Gasteiger partial charge in [0.1, 0.15) is 11.5 Å². The average Bonchev–Trinajstić information content (AvgIpc) is 3.32. The highest BCUT2D eigenvalue weighted by Crippen LogP contribution is 2.37. The van der Waals surface area contributed by atoms with Crippen molar-refractivity contribution < 1.29 is 14.0 Å². The average molecular weight is 449 g/mol. The molecule has 1 fully saturated rings. The summed E-state index contributed by atoms with van der Waals surface area (Å²) in [5.74, 6) is 1.08. The van der Waals surface area contributed by atoms with Gasteiger partial charge in [-0.3, -0.25) is 14.5 Å². The monoisotopic (exact) mass is 448 g/mol. The van der Waals surface area contributed by atoms with Crippen molar-refractivity contribution in [3.63, 3.8) is 0 Å². The number of anilines is 2. The second kappa shape index (κ2) is 8.53. The second-order valence-electron chi connectivity index (χ2n) is 7.26. The van der Waals surface area contributed by atoms with E-state index in [2.05, 4.69) is 0 Å². The Morgan fingerprint density at radius 1 is 1.03 bits per heavy atom. The zero-order chi connectivity index (χ0) is 22.1. The Bertz CT molecular complexity index is 1190. The van der Waals surface area contributed by atoms with Crippen LogP contribution in [0.25, 0.3) is 17.4 Å². The molecule has 31 heavy (non-hydrogen) atoms. The van der Waals surface area contributed by atoms with E-state index in [-0.39, 0.29) is 11.7 Å². The van der Waals surface area contributed by atoms with Crippen molar-refractivity contribution in [2.24, 2.45) is 0 Å². The molecule has 5 nitrogen and oxygen atoms in total. The SMILES string of the molecule is CC(=O)c1ccc(-c2ccc(/C=C3/SC(=S)N(c4ccc(N(C)C)cc4)C3=O)o2)cc1. The number of thioether (sulfide) groups is 1. The van der Waals surface area contributed by atoms with Crippen molar-refractivity contribution in [2.45, 2.75) is 6.92 Å². The summed E-state index contributed by atoms with van der Waals surface area (Å²) in [7, 11) is 3.93. The summed E-state index contributed by atoms with van der Waals surface area (Å²) in [6.07, 6.45) is 1.71. The van der Waals surface area contributed by atoms with E-state index in [1.165, 1.54) is 23.6 Å². The fourth-order valence-corrected chi connectivity index (χ4v) is 4.45. The first-order valence-corrected chi connectivity index (χ1v) is 10.8. The summed E-state index contributed by atoms with van der Waals surface area (Å²) >= 11 is 6.70. The number of rotatable bonds is 5. The third-order valence-electron chi connectivity index (χ3n) is 4.89. The maximum atomic E-state index is 13.0. The number of carbonyl (C=O) groups is 2. The lowest BCUT2D eigenvalue weighted by Gasteiger charge is -2.17. The largest absolute Gasteiger partial charge is 0.457 e. The summed E-state index contributed by atoms with van der Waals surface area (Å²) < 4.78 is 6.39. The quantitative estimate of drug-likeness (QED) is 0.287.